The van der Waals surface area contributed by atoms with Gasteiger partial charge in [-0.05, 0) is 36.1 Å². The maximum absolute atomic E-state index is 9.86. The molecule has 0 spiro atoms. The molecule has 2 N–H and O–H groups in total. The monoisotopic (exact) mass is 176 g/mol. The van der Waals surface area contributed by atoms with Gasteiger partial charge in [0, 0.05) is 11.8 Å². The number of fused-ring (bicyclic) bond motifs is 5. The lowest BCUT2D eigenvalue weighted by atomic mass is 9.92. The standard InChI is InChI=1S/C11H12O2/c12-6-1-2-7-8-3-4-9(11(8)13)10(7)5-6/h1-2,5,8-9,11-13H,3-4H2/t8-,9-,11-/m1/s1. The van der Waals surface area contributed by atoms with Crippen LogP contribution >= 0.6 is 0 Å². The second-order valence-corrected chi connectivity index (χ2v) is 4.09. The first kappa shape index (κ1) is 7.39. The smallest absolute Gasteiger partial charge is 0.115 e. The molecule has 68 valence electrons. The molecule has 0 unspecified atom stereocenters. The lowest BCUT2D eigenvalue weighted by Crippen LogP contribution is -2.08. The normalized spacial score (nSPS) is 35.0. The third-order valence-corrected chi connectivity index (χ3v) is 3.48. The van der Waals surface area contributed by atoms with Gasteiger partial charge < -0.3 is 10.2 Å². The number of phenols is 1. The lowest BCUT2D eigenvalue weighted by molar-refractivity contribution is 0.159. The largest absolute Gasteiger partial charge is 0.508 e. The predicted octanol–water partition coefficient (Wildman–Crippen LogP) is 1.73. The van der Waals surface area contributed by atoms with Crippen molar-refractivity contribution in [3.05, 3.63) is 29.3 Å². The second kappa shape index (κ2) is 2.26. The summed E-state index contributed by atoms with van der Waals surface area (Å²) in [5, 5.41) is 19.2. The van der Waals surface area contributed by atoms with E-state index in [0.717, 1.165) is 12.8 Å². The van der Waals surface area contributed by atoms with Crippen molar-refractivity contribution in [1.29, 1.82) is 0 Å². The van der Waals surface area contributed by atoms with Crippen molar-refractivity contribution in [2.45, 2.75) is 30.8 Å². The van der Waals surface area contributed by atoms with Crippen molar-refractivity contribution >= 4 is 0 Å². The summed E-state index contributed by atoms with van der Waals surface area (Å²) in [5.41, 5.74) is 2.42. The number of hydrogen-bond donors (Lipinski definition) is 2. The van der Waals surface area contributed by atoms with Crippen molar-refractivity contribution in [2.24, 2.45) is 0 Å². The Morgan fingerprint density at radius 2 is 1.77 bits per heavy atom. The Morgan fingerprint density at radius 1 is 1.08 bits per heavy atom. The highest BCUT2D eigenvalue weighted by atomic mass is 16.3. The van der Waals surface area contributed by atoms with Crippen LogP contribution in [-0.4, -0.2) is 16.3 Å². The highest BCUT2D eigenvalue weighted by molar-refractivity contribution is 5.47. The highest BCUT2D eigenvalue weighted by Crippen LogP contribution is 2.53. The number of hydrogen-bond acceptors (Lipinski definition) is 2. The lowest BCUT2D eigenvalue weighted by Gasteiger charge is -2.13. The first-order valence-electron chi connectivity index (χ1n) is 4.78. The molecule has 0 heterocycles. The van der Waals surface area contributed by atoms with Crippen molar-refractivity contribution < 1.29 is 10.2 Å². The molecule has 2 aliphatic rings. The van der Waals surface area contributed by atoms with Gasteiger partial charge in [-0.15, -0.1) is 0 Å². The summed E-state index contributed by atoms with van der Waals surface area (Å²) >= 11 is 0. The molecule has 1 aromatic rings. The maximum atomic E-state index is 9.86. The number of benzene rings is 1. The first-order chi connectivity index (χ1) is 6.27. The van der Waals surface area contributed by atoms with Crippen LogP contribution in [0.3, 0.4) is 0 Å². The molecule has 13 heavy (non-hydrogen) atoms. The Morgan fingerprint density at radius 3 is 2.54 bits per heavy atom. The predicted molar refractivity (Wildman–Crippen MR) is 48.8 cm³/mol. The zero-order valence-electron chi connectivity index (χ0n) is 7.27. The third kappa shape index (κ3) is 0.814. The number of aromatic hydroxyl groups is 1. The molecule has 2 bridgehead atoms. The van der Waals surface area contributed by atoms with E-state index in [4.69, 9.17) is 0 Å². The average Bonchev–Trinajstić information content (AvgIpc) is 2.59. The van der Waals surface area contributed by atoms with Crippen LogP contribution in [0.4, 0.5) is 0 Å². The number of rotatable bonds is 0. The van der Waals surface area contributed by atoms with E-state index < -0.39 is 0 Å². The third-order valence-electron chi connectivity index (χ3n) is 3.48. The van der Waals surface area contributed by atoms with Crippen molar-refractivity contribution in [1.82, 2.24) is 0 Å². The molecular weight excluding hydrogens is 164 g/mol. The van der Waals surface area contributed by atoms with Crippen LogP contribution in [0.25, 0.3) is 0 Å². The van der Waals surface area contributed by atoms with Crippen molar-refractivity contribution in [3.63, 3.8) is 0 Å². The quantitative estimate of drug-likeness (QED) is 0.632. The number of aliphatic hydroxyl groups excluding tert-OH is 1. The zero-order valence-corrected chi connectivity index (χ0v) is 7.27. The SMILES string of the molecule is Oc1ccc2c(c1)[C@H]1CC[C@H]2[C@H]1O. The van der Waals surface area contributed by atoms with Crippen LogP contribution in [0.1, 0.15) is 35.8 Å². The van der Waals surface area contributed by atoms with Crippen LogP contribution < -0.4 is 0 Å². The fraction of sp³-hybridized carbons (Fsp3) is 0.455. The van der Waals surface area contributed by atoms with Gasteiger partial charge in [0.1, 0.15) is 5.75 Å². The van der Waals surface area contributed by atoms with E-state index in [1.165, 1.54) is 11.1 Å². The summed E-state index contributed by atoms with van der Waals surface area (Å²) in [5.74, 6) is 0.936. The van der Waals surface area contributed by atoms with E-state index in [-0.39, 0.29) is 12.0 Å². The summed E-state index contributed by atoms with van der Waals surface area (Å²) < 4.78 is 0. The number of phenolic OH excluding ortho intramolecular Hbond substituents is 1. The summed E-state index contributed by atoms with van der Waals surface area (Å²) in [4.78, 5) is 0. The Balaban J connectivity index is 2.19. The van der Waals surface area contributed by atoms with E-state index in [1.54, 1.807) is 6.07 Å². The summed E-state index contributed by atoms with van der Waals surface area (Å²) in [6.07, 6.45) is 1.98. The van der Waals surface area contributed by atoms with Gasteiger partial charge in [0.2, 0.25) is 0 Å². The second-order valence-electron chi connectivity index (χ2n) is 4.09. The van der Waals surface area contributed by atoms with Gasteiger partial charge in [0.15, 0.2) is 0 Å². The molecule has 0 amide bonds. The minimum absolute atomic E-state index is 0.197. The van der Waals surface area contributed by atoms with Crippen LogP contribution in [0.5, 0.6) is 5.75 Å². The maximum Gasteiger partial charge on any atom is 0.115 e. The molecule has 3 atom stereocenters. The van der Waals surface area contributed by atoms with Crippen LogP contribution in [0.2, 0.25) is 0 Å². The summed E-state index contributed by atoms with van der Waals surface area (Å²) in [6.45, 7) is 0. The summed E-state index contributed by atoms with van der Waals surface area (Å²) in [7, 11) is 0. The molecule has 3 rings (SSSR count). The molecule has 1 aromatic carbocycles. The Labute approximate surface area is 76.8 Å². The summed E-state index contributed by atoms with van der Waals surface area (Å²) in [6, 6.07) is 5.48. The first-order valence-corrected chi connectivity index (χ1v) is 4.78. The molecule has 2 aliphatic carbocycles. The minimum Gasteiger partial charge on any atom is -0.508 e. The van der Waals surface area contributed by atoms with Crippen molar-refractivity contribution in [3.8, 4) is 5.75 Å². The molecule has 0 aliphatic heterocycles. The molecule has 2 heteroatoms. The Hall–Kier alpha value is -1.02. The van der Waals surface area contributed by atoms with Gasteiger partial charge in [-0.25, -0.2) is 0 Å². The minimum atomic E-state index is -0.197. The van der Waals surface area contributed by atoms with E-state index in [2.05, 4.69) is 0 Å². The molecular formula is C11H12O2. The Bertz CT molecular complexity index is 359. The van der Waals surface area contributed by atoms with Gasteiger partial charge in [0.25, 0.3) is 0 Å². The fourth-order valence-electron chi connectivity index (χ4n) is 2.88. The van der Waals surface area contributed by atoms with E-state index >= 15 is 0 Å². The fourth-order valence-corrected chi connectivity index (χ4v) is 2.88. The van der Waals surface area contributed by atoms with Crippen molar-refractivity contribution in [2.75, 3.05) is 0 Å². The van der Waals surface area contributed by atoms with Gasteiger partial charge >= 0.3 is 0 Å². The molecule has 0 aromatic heterocycles. The molecule has 1 fully saturated rings. The molecule has 1 saturated carbocycles. The van der Waals surface area contributed by atoms with Crippen LogP contribution in [-0.2, 0) is 0 Å². The highest BCUT2D eigenvalue weighted by Gasteiger charge is 2.44. The topological polar surface area (TPSA) is 40.5 Å². The number of aliphatic hydroxyl groups is 1. The Kier molecular flexibility index (Phi) is 1.29. The van der Waals surface area contributed by atoms with Crippen LogP contribution in [0.15, 0.2) is 18.2 Å². The van der Waals surface area contributed by atoms with Crippen LogP contribution in [0, 0.1) is 0 Å². The van der Waals surface area contributed by atoms with E-state index in [0.29, 0.717) is 11.7 Å². The zero-order chi connectivity index (χ0) is 9.00. The molecule has 2 nitrogen and oxygen atoms in total. The van der Waals surface area contributed by atoms with E-state index in [1.807, 2.05) is 12.1 Å². The van der Waals surface area contributed by atoms with E-state index in [9.17, 15) is 10.2 Å². The van der Waals surface area contributed by atoms with Gasteiger partial charge in [-0.2, -0.15) is 0 Å². The van der Waals surface area contributed by atoms with Gasteiger partial charge in [-0.3, -0.25) is 0 Å². The van der Waals surface area contributed by atoms with Gasteiger partial charge in [-0.1, -0.05) is 6.07 Å². The van der Waals surface area contributed by atoms with Gasteiger partial charge in [0.05, 0.1) is 6.10 Å². The molecule has 0 saturated heterocycles. The average molecular weight is 176 g/mol. The molecule has 0 radical (unpaired) electrons.